The van der Waals surface area contributed by atoms with Crippen LogP contribution in [0.5, 0.6) is 5.75 Å². The zero-order valence-electron chi connectivity index (χ0n) is 9.53. The van der Waals surface area contributed by atoms with Crippen molar-refractivity contribution in [3.63, 3.8) is 0 Å². The third-order valence-corrected chi connectivity index (χ3v) is 1.83. The highest BCUT2D eigenvalue weighted by Crippen LogP contribution is 2.14. The summed E-state index contributed by atoms with van der Waals surface area (Å²) in [5, 5.41) is 0. The summed E-state index contributed by atoms with van der Waals surface area (Å²) < 4.78 is 40.4. The number of benzene rings is 1. The molecule has 0 aromatic heterocycles. The van der Waals surface area contributed by atoms with Gasteiger partial charge in [-0.15, -0.1) is 0 Å². The third kappa shape index (κ3) is 5.53. The largest absolute Gasteiger partial charge is 0.481 e. The van der Waals surface area contributed by atoms with E-state index in [2.05, 4.69) is 4.84 Å². The van der Waals surface area contributed by atoms with Crippen LogP contribution in [-0.4, -0.2) is 24.8 Å². The molecule has 0 heterocycles. The molecule has 0 saturated carbocycles. The predicted octanol–water partition coefficient (Wildman–Crippen LogP) is 2.06. The third-order valence-electron chi connectivity index (χ3n) is 1.83. The van der Waals surface area contributed by atoms with Gasteiger partial charge in [-0.3, -0.25) is 9.63 Å². The molecule has 1 aromatic carbocycles. The molecule has 1 N–H and O–H groups in total. The minimum absolute atomic E-state index is 0.441. The first-order chi connectivity index (χ1) is 8.38. The highest BCUT2D eigenvalue weighted by molar-refractivity contribution is 5.79. The lowest BCUT2D eigenvalue weighted by Gasteiger charge is -2.14. The Bertz CT molecular complexity index is 381. The average molecular weight is 263 g/mol. The van der Waals surface area contributed by atoms with Gasteiger partial charge in [0.25, 0.3) is 5.91 Å². The van der Waals surface area contributed by atoms with E-state index in [1.165, 1.54) is 6.92 Å². The van der Waals surface area contributed by atoms with Crippen molar-refractivity contribution in [1.82, 2.24) is 5.48 Å². The van der Waals surface area contributed by atoms with E-state index in [0.717, 1.165) is 0 Å². The summed E-state index contributed by atoms with van der Waals surface area (Å²) in [7, 11) is 0. The summed E-state index contributed by atoms with van der Waals surface area (Å²) in [6.45, 7) is -0.143. The van der Waals surface area contributed by atoms with Gasteiger partial charge in [-0.2, -0.15) is 13.2 Å². The summed E-state index contributed by atoms with van der Waals surface area (Å²) in [6.07, 6.45) is -5.45. The number of carbonyl (C=O) groups excluding carboxylic acids is 1. The van der Waals surface area contributed by atoms with Crippen molar-refractivity contribution in [2.75, 3.05) is 6.61 Å². The maximum atomic E-state index is 11.7. The Morgan fingerprint density at radius 1 is 1.33 bits per heavy atom. The molecular formula is C11H12F3NO3. The Morgan fingerprint density at radius 3 is 2.50 bits per heavy atom. The molecule has 0 fully saturated rings. The molecule has 1 atom stereocenters. The second-order valence-electron chi connectivity index (χ2n) is 3.44. The first kappa shape index (κ1) is 14.3. The van der Waals surface area contributed by atoms with Crippen LogP contribution < -0.4 is 10.2 Å². The standard InChI is InChI=1S/C11H12F3NO3/c1-8(18-9-5-3-2-4-6-9)10(16)15-17-7-11(12,13)14/h2-6,8H,7H2,1H3,(H,15,16). The van der Waals surface area contributed by atoms with E-state index in [1.807, 2.05) is 0 Å². The van der Waals surface area contributed by atoms with Crippen LogP contribution in [0.25, 0.3) is 0 Å². The van der Waals surface area contributed by atoms with Crippen molar-refractivity contribution in [3.05, 3.63) is 30.3 Å². The minimum Gasteiger partial charge on any atom is -0.481 e. The number of nitrogens with one attached hydrogen (secondary N) is 1. The fourth-order valence-corrected chi connectivity index (χ4v) is 1.03. The number of carbonyl (C=O) groups is 1. The van der Waals surface area contributed by atoms with Gasteiger partial charge < -0.3 is 4.74 Å². The number of hydrogen-bond acceptors (Lipinski definition) is 3. The average Bonchev–Trinajstić information content (AvgIpc) is 2.28. The van der Waals surface area contributed by atoms with Gasteiger partial charge in [0, 0.05) is 0 Å². The molecule has 4 nitrogen and oxygen atoms in total. The Kier molecular flexibility index (Phi) is 4.96. The molecule has 18 heavy (non-hydrogen) atoms. The highest BCUT2D eigenvalue weighted by Gasteiger charge is 2.28. The lowest BCUT2D eigenvalue weighted by Crippen LogP contribution is -2.38. The Balaban J connectivity index is 2.34. The molecule has 0 spiro atoms. The first-order valence-electron chi connectivity index (χ1n) is 5.08. The molecule has 1 unspecified atom stereocenters. The van der Waals surface area contributed by atoms with Gasteiger partial charge in [0.2, 0.25) is 0 Å². The summed E-state index contributed by atoms with van der Waals surface area (Å²) in [5.74, 6) is -0.348. The number of para-hydroxylation sites is 1. The van der Waals surface area contributed by atoms with E-state index in [-0.39, 0.29) is 0 Å². The van der Waals surface area contributed by atoms with Gasteiger partial charge in [-0.1, -0.05) is 18.2 Å². The van der Waals surface area contributed by atoms with Gasteiger partial charge in [0.05, 0.1) is 0 Å². The summed E-state index contributed by atoms with van der Waals surface area (Å²) in [4.78, 5) is 15.3. The molecule has 100 valence electrons. The van der Waals surface area contributed by atoms with Crippen LogP contribution in [0, 0.1) is 0 Å². The molecule has 0 saturated heterocycles. The van der Waals surface area contributed by atoms with E-state index < -0.39 is 24.8 Å². The molecule has 0 aliphatic rings. The quantitative estimate of drug-likeness (QED) is 0.827. The lowest BCUT2D eigenvalue weighted by molar-refractivity contribution is -0.193. The highest BCUT2D eigenvalue weighted by atomic mass is 19.4. The fourth-order valence-electron chi connectivity index (χ4n) is 1.03. The molecule has 1 aromatic rings. The van der Waals surface area contributed by atoms with Crippen LogP contribution in [0.2, 0.25) is 0 Å². The first-order valence-corrected chi connectivity index (χ1v) is 5.08. The van der Waals surface area contributed by atoms with Crippen LogP contribution in [-0.2, 0) is 9.63 Å². The van der Waals surface area contributed by atoms with Gasteiger partial charge >= 0.3 is 6.18 Å². The van der Waals surface area contributed by atoms with E-state index in [4.69, 9.17) is 4.74 Å². The van der Waals surface area contributed by atoms with Crippen molar-refractivity contribution in [2.24, 2.45) is 0 Å². The van der Waals surface area contributed by atoms with Gasteiger partial charge in [-0.25, -0.2) is 5.48 Å². The zero-order valence-corrected chi connectivity index (χ0v) is 9.53. The van der Waals surface area contributed by atoms with Crippen LogP contribution in [0.4, 0.5) is 13.2 Å². The number of halogens is 3. The number of hydroxylamine groups is 1. The Hall–Kier alpha value is -1.76. The van der Waals surface area contributed by atoms with Gasteiger partial charge in [-0.05, 0) is 19.1 Å². The van der Waals surface area contributed by atoms with Crippen LogP contribution in [0.1, 0.15) is 6.92 Å². The molecule has 0 bridgehead atoms. The lowest BCUT2D eigenvalue weighted by atomic mass is 10.3. The number of ether oxygens (including phenoxy) is 1. The normalized spacial score (nSPS) is 12.9. The molecule has 7 heteroatoms. The monoisotopic (exact) mass is 263 g/mol. The number of rotatable bonds is 5. The van der Waals surface area contributed by atoms with E-state index >= 15 is 0 Å². The fraction of sp³-hybridized carbons (Fsp3) is 0.364. The molecule has 0 radical (unpaired) electrons. The second-order valence-corrected chi connectivity index (χ2v) is 3.44. The molecule has 0 aliphatic heterocycles. The maximum Gasteiger partial charge on any atom is 0.414 e. The SMILES string of the molecule is CC(Oc1ccccc1)C(=O)NOCC(F)(F)F. The van der Waals surface area contributed by atoms with Crippen molar-refractivity contribution in [3.8, 4) is 5.75 Å². The van der Waals surface area contributed by atoms with Crippen molar-refractivity contribution >= 4 is 5.91 Å². The smallest absolute Gasteiger partial charge is 0.414 e. The number of amides is 1. The van der Waals surface area contributed by atoms with Crippen LogP contribution in [0.3, 0.4) is 0 Å². The topological polar surface area (TPSA) is 47.6 Å². The molecular weight excluding hydrogens is 251 g/mol. The predicted molar refractivity (Wildman–Crippen MR) is 56.7 cm³/mol. The summed E-state index contributed by atoms with van der Waals surface area (Å²) in [5.41, 5.74) is 1.68. The van der Waals surface area contributed by atoms with E-state index in [9.17, 15) is 18.0 Å². The summed E-state index contributed by atoms with van der Waals surface area (Å²) in [6, 6.07) is 8.44. The van der Waals surface area contributed by atoms with Crippen molar-refractivity contribution in [2.45, 2.75) is 19.2 Å². The van der Waals surface area contributed by atoms with Gasteiger partial charge in [0.1, 0.15) is 5.75 Å². The van der Waals surface area contributed by atoms with Gasteiger partial charge in [0.15, 0.2) is 12.7 Å². The Labute approximate surface area is 102 Å². The second kappa shape index (κ2) is 6.25. The molecule has 1 rings (SSSR count). The summed E-state index contributed by atoms with van der Waals surface area (Å²) >= 11 is 0. The van der Waals surface area contributed by atoms with E-state index in [0.29, 0.717) is 5.75 Å². The van der Waals surface area contributed by atoms with Crippen molar-refractivity contribution in [1.29, 1.82) is 0 Å². The molecule has 0 aliphatic carbocycles. The number of alkyl halides is 3. The zero-order chi connectivity index (χ0) is 13.6. The van der Waals surface area contributed by atoms with Crippen LogP contribution >= 0.6 is 0 Å². The Morgan fingerprint density at radius 2 is 1.94 bits per heavy atom. The number of hydrogen-bond donors (Lipinski definition) is 1. The minimum atomic E-state index is -4.49. The maximum absolute atomic E-state index is 11.7. The van der Waals surface area contributed by atoms with Crippen molar-refractivity contribution < 1.29 is 27.5 Å². The molecule has 1 amide bonds. The van der Waals surface area contributed by atoms with E-state index in [1.54, 1.807) is 35.8 Å². The van der Waals surface area contributed by atoms with Crippen LogP contribution in [0.15, 0.2) is 30.3 Å².